The van der Waals surface area contributed by atoms with E-state index < -0.39 is 0 Å². The smallest absolute Gasteiger partial charge is 0.0268 e. The van der Waals surface area contributed by atoms with E-state index in [1.807, 2.05) is 6.92 Å². The SMILES string of the molecule is Cc1ccc([C@H](C)N)c(C)c1. The van der Waals surface area contributed by atoms with Crippen molar-refractivity contribution in [1.82, 2.24) is 0 Å². The van der Waals surface area contributed by atoms with Crippen molar-refractivity contribution in [3.8, 4) is 0 Å². The van der Waals surface area contributed by atoms with Crippen LogP contribution in [0.1, 0.15) is 29.7 Å². The lowest BCUT2D eigenvalue weighted by atomic mass is 10.0. The minimum atomic E-state index is 0.149. The van der Waals surface area contributed by atoms with Crippen LogP contribution in [-0.4, -0.2) is 0 Å². The molecule has 1 aromatic carbocycles. The molecule has 1 nitrogen and oxygen atoms in total. The lowest BCUT2D eigenvalue weighted by Gasteiger charge is -2.09. The van der Waals surface area contributed by atoms with E-state index in [1.165, 1.54) is 16.7 Å². The van der Waals surface area contributed by atoms with Crippen molar-refractivity contribution >= 4 is 0 Å². The predicted octanol–water partition coefficient (Wildman–Crippen LogP) is 2.32. The Hall–Kier alpha value is -0.820. The molecule has 0 spiro atoms. The van der Waals surface area contributed by atoms with Crippen molar-refractivity contribution in [2.24, 2.45) is 5.73 Å². The number of hydrogen-bond donors (Lipinski definition) is 1. The predicted molar refractivity (Wildman–Crippen MR) is 48.5 cm³/mol. The van der Waals surface area contributed by atoms with E-state index in [0.29, 0.717) is 0 Å². The van der Waals surface area contributed by atoms with Crippen LogP contribution in [0.5, 0.6) is 0 Å². The second-order valence-electron chi connectivity index (χ2n) is 3.15. The third kappa shape index (κ3) is 1.81. The van der Waals surface area contributed by atoms with Crippen LogP contribution in [0.15, 0.2) is 18.2 Å². The summed E-state index contributed by atoms with van der Waals surface area (Å²) >= 11 is 0. The highest BCUT2D eigenvalue weighted by Crippen LogP contribution is 2.15. The van der Waals surface area contributed by atoms with Crippen molar-refractivity contribution in [2.75, 3.05) is 0 Å². The molecule has 0 aliphatic rings. The van der Waals surface area contributed by atoms with Crippen molar-refractivity contribution < 1.29 is 0 Å². The highest BCUT2D eigenvalue weighted by Gasteiger charge is 2.01. The summed E-state index contributed by atoms with van der Waals surface area (Å²) in [6, 6.07) is 6.52. The molecule has 1 rings (SSSR count). The van der Waals surface area contributed by atoms with Gasteiger partial charge in [0.15, 0.2) is 0 Å². The molecule has 11 heavy (non-hydrogen) atoms. The highest BCUT2D eigenvalue weighted by molar-refractivity contribution is 5.32. The van der Waals surface area contributed by atoms with Gasteiger partial charge >= 0.3 is 0 Å². The van der Waals surface area contributed by atoms with Gasteiger partial charge < -0.3 is 5.73 Å². The van der Waals surface area contributed by atoms with Crippen LogP contribution in [0.4, 0.5) is 0 Å². The van der Waals surface area contributed by atoms with E-state index in [-0.39, 0.29) is 6.04 Å². The maximum atomic E-state index is 5.76. The van der Waals surface area contributed by atoms with Gasteiger partial charge in [-0.15, -0.1) is 0 Å². The van der Waals surface area contributed by atoms with Crippen LogP contribution in [0.2, 0.25) is 0 Å². The van der Waals surface area contributed by atoms with Crippen LogP contribution in [0.3, 0.4) is 0 Å². The molecule has 0 bridgehead atoms. The fraction of sp³-hybridized carbons (Fsp3) is 0.400. The van der Waals surface area contributed by atoms with Gasteiger partial charge in [-0.3, -0.25) is 0 Å². The van der Waals surface area contributed by atoms with E-state index in [2.05, 4.69) is 32.0 Å². The highest BCUT2D eigenvalue weighted by atomic mass is 14.6. The number of hydrogen-bond acceptors (Lipinski definition) is 1. The molecule has 0 aliphatic heterocycles. The molecule has 0 radical (unpaired) electrons. The van der Waals surface area contributed by atoms with Crippen molar-refractivity contribution in [3.63, 3.8) is 0 Å². The summed E-state index contributed by atoms with van der Waals surface area (Å²) in [6.45, 7) is 6.21. The van der Waals surface area contributed by atoms with Gasteiger partial charge in [0, 0.05) is 6.04 Å². The van der Waals surface area contributed by atoms with Crippen molar-refractivity contribution in [3.05, 3.63) is 34.9 Å². The van der Waals surface area contributed by atoms with Crippen LogP contribution in [0, 0.1) is 13.8 Å². The Balaban J connectivity index is 3.09. The third-order valence-corrected chi connectivity index (χ3v) is 1.92. The number of nitrogens with two attached hydrogens (primary N) is 1. The molecule has 0 heterocycles. The standard InChI is InChI=1S/C10H15N/c1-7-4-5-10(9(3)11)8(2)6-7/h4-6,9H,11H2,1-3H3/t9-/m0/s1. The largest absolute Gasteiger partial charge is 0.324 e. The maximum absolute atomic E-state index is 5.76. The molecule has 0 unspecified atom stereocenters. The van der Waals surface area contributed by atoms with E-state index >= 15 is 0 Å². The van der Waals surface area contributed by atoms with Gasteiger partial charge in [0.05, 0.1) is 0 Å². The Morgan fingerprint density at radius 3 is 2.36 bits per heavy atom. The number of rotatable bonds is 1. The molecular formula is C10H15N. The monoisotopic (exact) mass is 149 g/mol. The first-order chi connectivity index (χ1) is 5.11. The molecule has 1 aromatic rings. The van der Waals surface area contributed by atoms with Crippen molar-refractivity contribution in [1.29, 1.82) is 0 Å². The normalized spacial score (nSPS) is 13.1. The summed E-state index contributed by atoms with van der Waals surface area (Å²) in [6.07, 6.45) is 0. The van der Waals surface area contributed by atoms with Crippen molar-refractivity contribution in [2.45, 2.75) is 26.8 Å². The molecular weight excluding hydrogens is 134 g/mol. The zero-order valence-electron chi connectivity index (χ0n) is 7.39. The lowest BCUT2D eigenvalue weighted by Crippen LogP contribution is -2.06. The molecule has 0 fully saturated rings. The molecule has 2 N–H and O–H groups in total. The summed E-state index contributed by atoms with van der Waals surface area (Å²) in [5.74, 6) is 0. The molecule has 1 heteroatoms. The number of aryl methyl sites for hydroxylation is 2. The average Bonchev–Trinajstić information content (AvgIpc) is 1.85. The average molecular weight is 149 g/mol. The molecule has 0 aromatic heterocycles. The summed E-state index contributed by atoms with van der Waals surface area (Å²) in [7, 11) is 0. The van der Waals surface area contributed by atoms with Crippen LogP contribution < -0.4 is 5.73 Å². The van der Waals surface area contributed by atoms with Gasteiger partial charge in [0.25, 0.3) is 0 Å². The molecule has 0 aliphatic carbocycles. The molecule has 60 valence electrons. The third-order valence-electron chi connectivity index (χ3n) is 1.92. The fourth-order valence-electron chi connectivity index (χ4n) is 1.34. The summed E-state index contributed by atoms with van der Waals surface area (Å²) in [5, 5.41) is 0. The van der Waals surface area contributed by atoms with E-state index in [9.17, 15) is 0 Å². The minimum absolute atomic E-state index is 0.149. The number of benzene rings is 1. The molecule has 0 amide bonds. The van der Waals surface area contributed by atoms with Crippen LogP contribution >= 0.6 is 0 Å². The maximum Gasteiger partial charge on any atom is 0.0268 e. The Kier molecular flexibility index (Phi) is 2.30. The Labute approximate surface area is 68.2 Å². The van der Waals surface area contributed by atoms with Crippen LogP contribution in [0.25, 0.3) is 0 Å². The first kappa shape index (κ1) is 8.28. The summed E-state index contributed by atoms with van der Waals surface area (Å²) in [5.41, 5.74) is 9.60. The van der Waals surface area contributed by atoms with E-state index in [1.54, 1.807) is 0 Å². The summed E-state index contributed by atoms with van der Waals surface area (Å²) < 4.78 is 0. The zero-order valence-corrected chi connectivity index (χ0v) is 7.39. The van der Waals surface area contributed by atoms with E-state index in [4.69, 9.17) is 5.73 Å². The van der Waals surface area contributed by atoms with Gasteiger partial charge in [-0.05, 0) is 31.9 Å². The topological polar surface area (TPSA) is 26.0 Å². The lowest BCUT2D eigenvalue weighted by molar-refractivity contribution is 0.809. The van der Waals surface area contributed by atoms with Gasteiger partial charge in [-0.2, -0.15) is 0 Å². The second-order valence-corrected chi connectivity index (χ2v) is 3.15. The van der Waals surface area contributed by atoms with Gasteiger partial charge in [-0.25, -0.2) is 0 Å². The molecule has 0 saturated carbocycles. The fourth-order valence-corrected chi connectivity index (χ4v) is 1.34. The molecule has 0 saturated heterocycles. The Morgan fingerprint density at radius 1 is 1.27 bits per heavy atom. The van der Waals surface area contributed by atoms with Gasteiger partial charge in [0.1, 0.15) is 0 Å². The van der Waals surface area contributed by atoms with Gasteiger partial charge in [-0.1, -0.05) is 23.8 Å². The minimum Gasteiger partial charge on any atom is -0.324 e. The Bertz CT molecular complexity index is 251. The van der Waals surface area contributed by atoms with E-state index in [0.717, 1.165) is 0 Å². The molecule has 1 atom stereocenters. The zero-order chi connectivity index (χ0) is 8.43. The first-order valence-corrected chi connectivity index (χ1v) is 3.94. The van der Waals surface area contributed by atoms with Crippen LogP contribution in [-0.2, 0) is 0 Å². The quantitative estimate of drug-likeness (QED) is 0.651. The summed E-state index contributed by atoms with van der Waals surface area (Å²) in [4.78, 5) is 0. The van der Waals surface area contributed by atoms with Gasteiger partial charge in [0.2, 0.25) is 0 Å². The second kappa shape index (κ2) is 3.05. The first-order valence-electron chi connectivity index (χ1n) is 3.94. The Morgan fingerprint density at radius 2 is 1.91 bits per heavy atom.